The number of fused-ring (bicyclic) bond motifs is 1. The molecule has 0 bridgehead atoms. The maximum atomic E-state index is 12.0. The van der Waals surface area contributed by atoms with Gasteiger partial charge in [0.15, 0.2) is 0 Å². The zero-order valence-electron chi connectivity index (χ0n) is 11.2. The SMILES string of the molecule is Cc1ccnc(-c2ccc3c(=O)n(C)n(C)c3c2)c1. The first-order chi connectivity index (χ1) is 9.08. The van der Waals surface area contributed by atoms with E-state index in [-0.39, 0.29) is 5.56 Å². The van der Waals surface area contributed by atoms with Crippen LogP contribution in [0.5, 0.6) is 0 Å². The van der Waals surface area contributed by atoms with Crippen LogP contribution in [0.3, 0.4) is 0 Å². The molecule has 1 aromatic carbocycles. The van der Waals surface area contributed by atoms with Crippen molar-refractivity contribution in [2.24, 2.45) is 14.1 Å². The molecule has 19 heavy (non-hydrogen) atoms. The predicted molar refractivity (Wildman–Crippen MR) is 76.1 cm³/mol. The minimum Gasteiger partial charge on any atom is -0.285 e. The maximum Gasteiger partial charge on any atom is 0.274 e. The molecule has 0 amide bonds. The van der Waals surface area contributed by atoms with Gasteiger partial charge in [0, 0.05) is 25.9 Å². The van der Waals surface area contributed by atoms with Crippen molar-refractivity contribution in [3.8, 4) is 11.3 Å². The van der Waals surface area contributed by atoms with Gasteiger partial charge in [0.2, 0.25) is 0 Å². The van der Waals surface area contributed by atoms with Gasteiger partial charge >= 0.3 is 0 Å². The van der Waals surface area contributed by atoms with Crippen molar-refractivity contribution in [3.05, 3.63) is 52.4 Å². The molecule has 4 nitrogen and oxygen atoms in total. The summed E-state index contributed by atoms with van der Waals surface area (Å²) in [5.41, 5.74) is 4.08. The van der Waals surface area contributed by atoms with E-state index in [1.54, 1.807) is 17.9 Å². The number of aromatic nitrogens is 3. The summed E-state index contributed by atoms with van der Waals surface area (Å²) in [5, 5.41) is 0.737. The zero-order chi connectivity index (χ0) is 13.6. The van der Waals surface area contributed by atoms with Crippen LogP contribution in [-0.4, -0.2) is 14.3 Å². The summed E-state index contributed by atoms with van der Waals surface area (Å²) in [4.78, 5) is 16.4. The first kappa shape index (κ1) is 11.7. The summed E-state index contributed by atoms with van der Waals surface area (Å²) in [6.45, 7) is 2.04. The van der Waals surface area contributed by atoms with Crippen LogP contribution < -0.4 is 5.56 Å². The summed E-state index contributed by atoms with van der Waals surface area (Å²) < 4.78 is 3.47. The highest BCUT2D eigenvalue weighted by molar-refractivity contribution is 5.83. The van der Waals surface area contributed by atoms with E-state index in [9.17, 15) is 4.79 Å². The van der Waals surface area contributed by atoms with Crippen molar-refractivity contribution in [1.82, 2.24) is 14.3 Å². The Kier molecular flexibility index (Phi) is 2.52. The lowest BCUT2D eigenvalue weighted by Crippen LogP contribution is -2.16. The Balaban J connectivity index is 2.28. The molecule has 0 saturated carbocycles. The van der Waals surface area contributed by atoms with Gasteiger partial charge in [0.1, 0.15) is 0 Å². The van der Waals surface area contributed by atoms with Gasteiger partial charge in [-0.3, -0.25) is 19.1 Å². The summed E-state index contributed by atoms with van der Waals surface area (Å²) >= 11 is 0. The Bertz CT molecular complexity index is 827. The Morgan fingerprint density at radius 1 is 1.05 bits per heavy atom. The molecular weight excluding hydrogens is 238 g/mol. The van der Waals surface area contributed by atoms with Crippen LogP contribution in [0.2, 0.25) is 0 Å². The quantitative estimate of drug-likeness (QED) is 0.667. The number of hydrogen-bond acceptors (Lipinski definition) is 2. The van der Waals surface area contributed by atoms with Crippen molar-refractivity contribution in [3.63, 3.8) is 0 Å². The molecule has 0 N–H and O–H groups in total. The highest BCUT2D eigenvalue weighted by atomic mass is 16.1. The van der Waals surface area contributed by atoms with Crippen LogP contribution in [0.15, 0.2) is 41.3 Å². The fourth-order valence-electron chi connectivity index (χ4n) is 2.31. The van der Waals surface area contributed by atoms with Crippen molar-refractivity contribution in [2.75, 3.05) is 0 Å². The lowest BCUT2D eigenvalue weighted by atomic mass is 10.1. The number of nitrogens with zero attached hydrogens (tertiary/aromatic N) is 3. The molecule has 2 heterocycles. The van der Waals surface area contributed by atoms with Crippen molar-refractivity contribution < 1.29 is 0 Å². The Hall–Kier alpha value is -2.36. The van der Waals surface area contributed by atoms with Crippen LogP contribution in [0.1, 0.15) is 5.56 Å². The molecule has 4 heteroatoms. The molecule has 0 aliphatic rings. The lowest BCUT2D eigenvalue weighted by Gasteiger charge is -2.04. The molecule has 2 aromatic heterocycles. The molecule has 0 atom stereocenters. The fraction of sp³-hybridized carbons (Fsp3) is 0.200. The molecule has 0 unspecified atom stereocenters. The fourth-order valence-corrected chi connectivity index (χ4v) is 2.31. The molecular formula is C15H15N3O. The van der Waals surface area contributed by atoms with Crippen molar-refractivity contribution >= 4 is 10.9 Å². The first-order valence-electron chi connectivity index (χ1n) is 6.16. The predicted octanol–water partition coefficient (Wildman–Crippen LogP) is 2.25. The van der Waals surface area contributed by atoms with E-state index in [1.807, 2.05) is 49.0 Å². The van der Waals surface area contributed by atoms with Crippen LogP contribution in [0, 0.1) is 6.92 Å². The van der Waals surface area contributed by atoms with Gasteiger partial charge < -0.3 is 0 Å². The van der Waals surface area contributed by atoms with Crippen LogP contribution in [0.4, 0.5) is 0 Å². The second kappa shape index (κ2) is 4.09. The number of benzene rings is 1. The van der Waals surface area contributed by atoms with Gasteiger partial charge in [-0.1, -0.05) is 6.07 Å². The van der Waals surface area contributed by atoms with Gasteiger partial charge in [-0.05, 0) is 36.8 Å². The summed E-state index contributed by atoms with van der Waals surface area (Å²) in [6.07, 6.45) is 1.80. The molecule has 3 rings (SSSR count). The third kappa shape index (κ3) is 1.76. The second-order valence-electron chi connectivity index (χ2n) is 4.80. The largest absolute Gasteiger partial charge is 0.285 e. The van der Waals surface area contributed by atoms with Gasteiger partial charge in [0.25, 0.3) is 5.56 Å². The summed E-state index contributed by atoms with van der Waals surface area (Å²) in [5.74, 6) is 0. The molecule has 0 aliphatic carbocycles. The topological polar surface area (TPSA) is 39.8 Å². The second-order valence-corrected chi connectivity index (χ2v) is 4.80. The Morgan fingerprint density at radius 3 is 2.58 bits per heavy atom. The van der Waals surface area contributed by atoms with Crippen molar-refractivity contribution in [2.45, 2.75) is 6.92 Å². The number of aryl methyl sites for hydroxylation is 2. The molecule has 0 fully saturated rings. The molecule has 3 aromatic rings. The normalized spacial score (nSPS) is 11.1. The third-order valence-corrected chi connectivity index (χ3v) is 3.53. The minimum absolute atomic E-state index is 0.0289. The molecule has 0 radical (unpaired) electrons. The van der Waals surface area contributed by atoms with E-state index in [0.717, 1.165) is 22.2 Å². The summed E-state index contributed by atoms with van der Waals surface area (Å²) in [6, 6.07) is 9.85. The highest BCUT2D eigenvalue weighted by Crippen LogP contribution is 2.22. The Morgan fingerprint density at radius 2 is 1.84 bits per heavy atom. The average molecular weight is 253 g/mol. The maximum absolute atomic E-state index is 12.0. The Labute approximate surface area is 110 Å². The van der Waals surface area contributed by atoms with E-state index < -0.39 is 0 Å². The van der Waals surface area contributed by atoms with Gasteiger partial charge in [0.05, 0.1) is 16.6 Å². The van der Waals surface area contributed by atoms with E-state index in [2.05, 4.69) is 4.98 Å². The van der Waals surface area contributed by atoms with E-state index in [4.69, 9.17) is 0 Å². The van der Waals surface area contributed by atoms with Gasteiger partial charge in [-0.25, -0.2) is 0 Å². The molecule has 0 spiro atoms. The molecule has 0 saturated heterocycles. The van der Waals surface area contributed by atoms with Crippen LogP contribution in [-0.2, 0) is 14.1 Å². The average Bonchev–Trinajstić information content (AvgIpc) is 2.64. The number of rotatable bonds is 1. The smallest absolute Gasteiger partial charge is 0.274 e. The van der Waals surface area contributed by atoms with Crippen LogP contribution >= 0.6 is 0 Å². The standard InChI is InChI=1S/C15H15N3O/c1-10-6-7-16-13(8-10)11-4-5-12-14(9-11)17(2)18(3)15(12)19/h4-9H,1-3H3. The monoisotopic (exact) mass is 253 g/mol. The zero-order valence-corrected chi connectivity index (χ0v) is 11.2. The van der Waals surface area contributed by atoms with Crippen LogP contribution in [0.25, 0.3) is 22.2 Å². The van der Waals surface area contributed by atoms with Gasteiger partial charge in [-0.2, -0.15) is 0 Å². The third-order valence-electron chi connectivity index (χ3n) is 3.53. The first-order valence-corrected chi connectivity index (χ1v) is 6.16. The molecule has 0 aliphatic heterocycles. The highest BCUT2D eigenvalue weighted by Gasteiger charge is 2.09. The van der Waals surface area contributed by atoms with E-state index in [1.165, 1.54) is 5.56 Å². The summed E-state index contributed by atoms with van der Waals surface area (Å²) in [7, 11) is 3.66. The van der Waals surface area contributed by atoms with Crippen molar-refractivity contribution in [1.29, 1.82) is 0 Å². The van der Waals surface area contributed by atoms with E-state index >= 15 is 0 Å². The van der Waals surface area contributed by atoms with Gasteiger partial charge in [-0.15, -0.1) is 0 Å². The lowest BCUT2D eigenvalue weighted by molar-refractivity contribution is 0.595. The minimum atomic E-state index is 0.0289. The number of hydrogen-bond donors (Lipinski definition) is 0. The molecule has 96 valence electrons. The number of pyridine rings is 1. The van der Waals surface area contributed by atoms with E-state index in [0.29, 0.717) is 0 Å².